The number of carbonyl (C=O) groups excluding carboxylic acids is 2. The summed E-state index contributed by atoms with van der Waals surface area (Å²) in [5.41, 5.74) is 0. The van der Waals surface area contributed by atoms with Crippen LogP contribution >= 0.6 is 0 Å². The highest BCUT2D eigenvalue weighted by molar-refractivity contribution is 5.83. The molecule has 1 amide bonds. The van der Waals surface area contributed by atoms with E-state index in [0.29, 0.717) is 0 Å². The van der Waals surface area contributed by atoms with E-state index in [1.165, 1.54) is 14.0 Å². The van der Waals surface area contributed by atoms with Crippen molar-refractivity contribution < 1.29 is 19.1 Å². The average Bonchev–Trinajstić information content (AvgIpc) is 2.21. The lowest BCUT2D eigenvalue weighted by molar-refractivity contribution is -0.146. The lowest BCUT2D eigenvalue weighted by atomic mass is 10.3. The van der Waals surface area contributed by atoms with E-state index >= 15 is 0 Å². The number of esters is 1. The Bertz CT molecular complexity index is 277. The van der Waals surface area contributed by atoms with Gasteiger partial charge in [-0.1, -0.05) is 5.92 Å². The molecule has 1 N–H and O–H groups in total. The van der Waals surface area contributed by atoms with Gasteiger partial charge in [-0.2, -0.15) is 0 Å². The van der Waals surface area contributed by atoms with Crippen LogP contribution in [-0.2, 0) is 19.1 Å². The number of amides is 1. The van der Waals surface area contributed by atoms with Crippen LogP contribution in [0.5, 0.6) is 0 Å². The van der Waals surface area contributed by atoms with Crippen LogP contribution in [-0.4, -0.2) is 38.2 Å². The van der Waals surface area contributed by atoms with Crippen molar-refractivity contribution in [3.63, 3.8) is 0 Å². The maximum absolute atomic E-state index is 11.2. The van der Waals surface area contributed by atoms with Crippen molar-refractivity contribution in [3.8, 4) is 11.8 Å². The third-order valence-corrected chi connectivity index (χ3v) is 1.50. The predicted octanol–water partition coefficient (Wildman–Crippen LogP) is -0.296. The molecule has 0 unspecified atom stereocenters. The van der Waals surface area contributed by atoms with Gasteiger partial charge in [-0.25, -0.2) is 4.79 Å². The lowest BCUT2D eigenvalue weighted by Crippen LogP contribution is -2.43. The molecule has 0 saturated heterocycles. The SMILES string of the molecule is CC#CCOC[C@@H](NC(C)=O)C(=O)OC. The third kappa shape index (κ3) is 6.52. The zero-order chi connectivity index (χ0) is 11.7. The molecular weight excluding hydrogens is 198 g/mol. The van der Waals surface area contributed by atoms with Crippen LogP contribution in [0, 0.1) is 11.8 Å². The summed E-state index contributed by atoms with van der Waals surface area (Å²) >= 11 is 0. The maximum Gasteiger partial charge on any atom is 0.330 e. The van der Waals surface area contributed by atoms with E-state index in [1.54, 1.807) is 6.92 Å². The first-order valence-corrected chi connectivity index (χ1v) is 4.44. The van der Waals surface area contributed by atoms with Crippen molar-refractivity contribution in [1.29, 1.82) is 0 Å². The molecule has 1 atom stereocenters. The fourth-order valence-corrected chi connectivity index (χ4v) is 0.856. The Morgan fingerprint density at radius 2 is 2.13 bits per heavy atom. The van der Waals surface area contributed by atoms with Gasteiger partial charge in [0.2, 0.25) is 5.91 Å². The Morgan fingerprint density at radius 1 is 1.47 bits per heavy atom. The van der Waals surface area contributed by atoms with Crippen LogP contribution in [0.4, 0.5) is 0 Å². The lowest BCUT2D eigenvalue weighted by Gasteiger charge is -2.14. The summed E-state index contributed by atoms with van der Waals surface area (Å²) in [6.45, 7) is 3.29. The second-order valence-corrected chi connectivity index (χ2v) is 2.72. The van der Waals surface area contributed by atoms with E-state index in [-0.39, 0.29) is 19.1 Å². The quantitative estimate of drug-likeness (QED) is 0.387. The Balaban J connectivity index is 4.04. The predicted molar refractivity (Wildman–Crippen MR) is 53.9 cm³/mol. The first kappa shape index (κ1) is 13.5. The monoisotopic (exact) mass is 213 g/mol. The summed E-state index contributed by atoms with van der Waals surface area (Å²) in [6, 6.07) is -0.772. The molecule has 0 spiro atoms. The molecule has 0 aromatic carbocycles. The van der Waals surface area contributed by atoms with E-state index in [2.05, 4.69) is 21.9 Å². The molecular formula is C10H15NO4. The molecule has 5 heteroatoms. The maximum atomic E-state index is 11.2. The van der Waals surface area contributed by atoms with E-state index in [0.717, 1.165) is 0 Å². The molecule has 0 saturated carbocycles. The summed E-state index contributed by atoms with van der Waals surface area (Å²) in [5, 5.41) is 2.42. The van der Waals surface area contributed by atoms with Crippen LogP contribution in [0.25, 0.3) is 0 Å². The highest BCUT2D eigenvalue weighted by atomic mass is 16.5. The van der Waals surface area contributed by atoms with Crippen molar-refractivity contribution in [2.24, 2.45) is 0 Å². The Labute approximate surface area is 89.1 Å². The molecule has 0 aliphatic carbocycles. The van der Waals surface area contributed by atoms with E-state index in [1.807, 2.05) is 0 Å². The average molecular weight is 213 g/mol. The highest BCUT2D eigenvalue weighted by Crippen LogP contribution is 1.90. The second-order valence-electron chi connectivity index (χ2n) is 2.72. The standard InChI is InChI=1S/C10H15NO4/c1-4-5-6-15-7-9(10(13)14-3)11-8(2)12/h9H,6-7H2,1-3H3,(H,11,12)/t9-/m1/s1. The van der Waals surface area contributed by atoms with Crippen LogP contribution < -0.4 is 5.32 Å². The van der Waals surface area contributed by atoms with Crippen molar-refractivity contribution in [3.05, 3.63) is 0 Å². The number of rotatable bonds is 5. The van der Waals surface area contributed by atoms with Crippen LogP contribution in [0.15, 0.2) is 0 Å². The van der Waals surface area contributed by atoms with Gasteiger partial charge < -0.3 is 14.8 Å². The van der Waals surface area contributed by atoms with Crippen LogP contribution in [0.2, 0.25) is 0 Å². The van der Waals surface area contributed by atoms with Crippen molar-refractivity contribution in [2.75, 3.05) is 20.3 Å². The Morgan fingerprint density at radius 3 is 2.60 bits per heavy atom. The minimum Gasteiger partial charge on any atom is -0.467 e. The summed E-state index contributed by atoms with van der Waals surface area (Å²) in [5.74, 6) is 4.48. The zero-order valence-electron chi connectivity index (χ0n) is 9.12. The first-order chi connectivity index (χ1) is 7.11. The number of hydrogen-bond donors (Lipinski definition) is 1. The summed E-state index contributed by atoms with van der Waals surface area (Å²) in [4.78, 5) is 21.9. The minimum absolute atomic E-state index is 0.0565. The van der Waals surface area contributed by atoms with E-state index in [4.69, 9.17) is 4.74 Å². The van der Waals surface area contributed by atoms with Gasteiger partial charge in [0.25, 0.3) is 0 Å². The summed E-state index contributed by atoms with van der Waals surface area (Å²) in [7, 11) is 1.25. The first-order valence-electron chi connectivity index (χ1n) is 4.44. The van der Waals surface area contributed by atoms with E-state index in [9.17, 15) is 9.59 Å². The van der Waals surface area contributed by atoms with Gasteiger partial charge >= 0.3 is 5.97 Å². The normalized spacial score (nSPS) is 10.9. The molecule has 0 aliphatic rings. The van der Waals surface area contributed by atoms with Gasteiger partial charge in [-0.15, -0.1) is 5.92 Å². The van der Waals surface area contributed by atoms with E-state index < -0.39 is 12.0 Å². The second kappa shape index (κ2) is 7.83. The molecule has 0 aromatic heterocycles. The van der Waals surface area contributed by atoms with Gasteiger partial charge in [0.1, 0.15) is 6.61 Å². The Hall–Kier alpha value is -1.54. The number of methoxy groups -OCH3 is 1. The van der Waals surface area contributed by atoms with Crippen LogP contribution in [0.1, 0.15) is 13.8 Å². The molecule has 0 fully saturated rings. The third-order valence-electron chi connectivity index (χ3n) is 1.50. The van der Waals surface area contributed by atoms with Gasteiger partial charge in [-0.3, -0.25) is 4.79 Å². The highest BCUT2D eigenvalue weighted by Gasteiger charge is 2.19. The Kier molecular flexibility index (Phi) is 7.02. The summed E-state index contributed by atoms with van der Waals surface area (Å²) in [6.07, 6.45) is 0. The molecule has 0 heterocycles. The molecule has 0 aromatic rings. The molecule has 5 nitrogen and oxygen atoms in total. The molecule has 15 heavy (non-hydrogen) atoms. The largest absolute Gasteiger partial charge is 0.467 e. The molecule has 0 radical (unpaired) electrons. The summed E-state index contributed by atoms with van der Waals surface area (Å²) < 4.78 is 9.57. The molecule has 0 bridgehead atoms. The smallest absolute Gasteiger partial charge is 0.330 e. The topological polar surface area (TPSA) is 64.6 Å². The van der Waals surface area contributed by atoms with Gasteiger partial charge in [0.15, 0.2) is 6.04 Å². The molecule has 0 rings (SSSR count). The fourth-order valence-electron chi connectivity index (χ4n) is 0.856. The van der Waals surface area contributed by atoms with Crippen molar-refractivity contribution in [1.82, 2.24) is 5.32 Å². The van der Waals surface area contributed by atoms with Gasteiger partial charge in [0, 0.05) is 6.92 Å². The van der Waals surface area contributed by atoms with Crippen molar-refractivity contribution in [2.45, 2.75) is 19.9 Å². The number of carbonyl (C=O) groups is 2. The number of ether oxygens (including phenoxy) is 2. The fraction of sp³-hybridized carbons (Fsp3) is 0.600. The number of nitrogens with one attached hydrogen (secondary N) is 1. The van der Waals surface area contributed by atoms with Gasteiger partial charge in [0.05, 0.1) is 13.7 Å². The van der Waals surface area contributed by atoms with Crippen molar-refractivity contribution >= 4 is 11.9 Å². The molecule has 0 aliphatic heterocycles. The van der Waals surface area contributed by atoms with Gasteiger partial charge in [-0.05, 0) is 6.92 Å². The minimum atomic E-state index is -0.772. The number of hydrogen-bond acceptors (Lipinski definition) is 4. The zero-order valence-corrected chi connectivity index (χ0v) is 9.12. The van der Waals surface area contributed by atoms with Crippen LogP contribution in [0.3, 0.4) is 0 Å². The molecule has 84 valence electrons.